The zero-order valence-electron chi connectivity index (χ0n) is 11.4. The van der Waals surface area contributed by atoms with E-state index in [0.29, 0.717) is 26.4 Å². The van der Waals surface area contributed by atoms with Crippen LogP contribution in [0.5, 0.6) is 0 Å². The van der Waals surface area contributed by atoms with Gasteiger partial charge in [-0.1, -0.05) is 0 Å². The predicted octanol–water partition coefficient (Wildman–Crippen LogP) is 1.10. The van der Waals surface area contributed by atoms with Crippen LogP contribution in [0.2, 0.25) is 6.04 Å². The van der Waals surface area contributed by atoms with Gasteiger partial charge in [0.1, 0.15) is 0 Å². The van der Waals surface area contributed by atoms with E-state index < -0.39 is 8.80 Å². The summed E-state index contributed by atoms with van der Waals surface area (Å²) in [5, 5.41) is 0. The molecule has 0 saturated heterocycles. The number of hydrogen-bond donors (Lipinski definition) is 2. The first-order valence-corrected chi connectivity index (χ1v) is 8.44. The summed E-state index contributed by atoms with van der Waals surface area (Å²) in [4.78, 5) is 0. The van der Waals surface area contributed by atoms with E-state index in [1.54, 1.807) is 0 Å². The summed E-state index contributed by atoms with van der Waals surface area (Å²) in [6, 6.07) is 0.872. The molecular formula is C11H28N2O3Si. The van der Waals surface area contributed by atoms with E-state index in [9.17, 15) is 0 Å². The van der Waals surface area contributed by atoms with Crippen molar-refractivity contribution in [1.29, 1.82) is 0 Å². The van der Waals surface area contributed by atoms with E-state index in [1.807, 2.05) is 20.8 Å². The van der Waals surface area contributed by atoms with Gasteiger partial charge in [-0.05, 0) is 40.2 Å². The zero-order valence-corrected chi connectivity index (χ0v) is 12.4. The quantitative estimate of drug-likeness (QED) is 0.546. The average molecular weight is 264 g/mol. The van der Waals surface area contributed by atoms with E-state index in [4.69, 9.17) is 24.7 Å². The lowest BCUT2D eigenvalue weighted by atomic mass is 10.2. The summed E-state index contributed by atoms with van der Waals surface area (Å²) in [6.07, 6.45) is 1.66. The highest BCUT2D eigenvalue weighted by atomic mass is 28.4. The minimum absolute atomic E-state index is 0.105. The van der Waals surface area contributed by atoms with Gasteiger partial charge >= 0.3 is 8.80 Å². The van der Waals surface area contributed by atoms with Crippen molar-refractivity contribution in [2.75, 3.05) is 26.4 Å². The van der Waals surface area contributed by atoms with Crippen LogP contribution in [0.3, 0.4) is 0 Å². The molecular weight excluding hydrogens is 236 g/mol. The summed E-state index contributed by atoms with van der Waals surface area (Å²) in [5.74, 6) is 0. The van der Waals surface area contributed by atoms with Gasteiger partial charge in [-0.25, -0.2) is 0 Å². The van der Waals surface area contributed by atoms with Crippen LogP contribution < -0.4 is 11.5 Å². The molecule has 0 aliphatic rings. The van der Waals surface area contributed by atoms with Crippen molar-refractivity contribution < 1.29 is 13.3 Å². The first-order chi connectivity index (χ1) is 8.14. The molecule has 0 bridgehead atoms. The molecule has 0 aromatic heterocycles. The van der Waals surface area contributed by atoms with Crippen molar-refractivity contribution in [3.05, 3.63) is 0 Å². The van der Waals surface area contributed by atoms with Gasteiger partial charge in [0.05, 0.1) is 0 Å². The van der Waals surface area contributed by atoms with Gasteiger partial charge in [0.15, 0.2) is 0 Å². The maximum Gasteiger partial charge on any atom is 0.500 e. The molecule has 0 aliphatic heterocycles. The molecule has 0 rings (SSSR count). The van der Waals surface area contributed by atoms with Gasteiger partial charge in [-0.3, -0.25) is 0 Å². The minimum atomic E-state index is -2.51. The van der Waals surface area contributed by atoms with E-state index in [0.717, 1.165) is 18.9 Å². The summed E-state index contributed by atoms with van der Waals surface area (Å²) in [5.41, 5.74) is 11.4. The lowest BCUT2D eigenvalue weighted by molar-refractivity contribution is 0.0703. The maximum absolute atomic E-state index is 5.96. The molecule has 1 atom stereocenters. The summed E-state index contributed by atoms with van der Waals surface area (Å²) in [7, 11) is -2.51. The molecule has 0 radical (unpaired) electrons. The van der Waals surface area contributed by atoms with Gasteiger partial charge in [0.25, 0.3) is 0 Å². The van der Waals surface area contributed by atoms with Crippen LogP contribution in [-0.2, 0) is 13.3 Å². The average Bonchev–Trinajstić information content (AvgIpc) is 2.28. The van der Waals surface area contributed by atoms with Crippen LogP contribution in [0.25, 0.3) is 0 Å². The molecule has 104 valence electrons. The lowest BCUT2D eigenvalue weighted by Crippen LogP contribution is -2.47. The van der Waals surface area contributed by atoms with E-state index in [-0.39, 0.29) is 6.04 Å². The monoisotopic (exact) mass is 264 g/mol. The molecule has 4 N–H and O–H groups in total. The molecule has 0 aromatic rings. The molecule has 0 aliphatic carbocycles. The smallest absolute Gasteiger partial charge is 0.374 e. The first-order valence-electron chi connectivity index (χ1n) is 6.51. The highest BCUT2D eigenvalue weighted by molar-refractivity contribution is 6.60. The van der Waals surface area contributed by atoms with Crippen LogP contribution in [0.4, 0.5) is 0 Å². The van der Waals surface area contributed by atoms with Crippen molar-refractivity contribution >= 4 is 8.80 Å². The molecule has 0 heterocycles. The Bertz CT molecular complexity index is 167. The van der Waals surface area contributed by atoms with Crippen molar-refractivity contribution in [3.8, 4) is 0 Å². The normalized spacial score (nSPS) is 13.9. The van der Waals surface area contributed by atoms with Crippen LogP contribution in [0.15, 0.2) is 0 Å². The standard InChI is InChI=1S/C11H28N2O3Si/c1-4-14-17(15-5-2,16-6-3)10-8-11(13)7-9-12/h11H,4-10,12-13H2,1-3H3. The molecule has 0 spiro atoms. The Labute approximate surface area is 106 Å². The zero-order chi connectivity index (χ0) is 13.1. The van der Waals surface area contributed by atoms with Gasteiger partial charge < -0.3 is 24.7 Å². The van der Waals surface area contributed by atoms with Crippen molar-refractivity contribution in [2.45, 2.75) is 45.7 Å². The Morgan fingerprint density at radius 1 is 0.941 bits per heavy atom. The molecule has 0 fully saturated rings. The topological polar surface area (TPSA) is 79.7 Å². The van der Waals surface area contributed by atoms with Crippen LogP contribution >= 0.6 is 0 Å². The highest BCUT2D eigenvalue weighted by Crippen LogP contribution is 2.19. The van der Waals surface area contributed by atoms with Gasteiger partial charge in [-0.2, -0.15) is 0 Å². The van der Waals surface area contributed by atoms with Crippen LogP contribution in [0, 0.1) is 0 Å². The van der Waals surface area contributed by atoms with Crippen molar-refractivity contribution in [3.63, 3.8) is 0 Å². The third-order valence-electron chi connectivity index (χ3n) is 2.45. The van der Waals surface area contributed by atoms with Crippen LogP contribution in [0.1, 0.15) is 33.6 Å². The Morgan fingerprint density at radius 2 is 1.41 bits per heavy atom. The van der Waals surface area contributed by atoms with Gasteiger partial charge in [-0.15, -0.1) is 0 Å². The van der Waals surface area contributed by atoms with E-state index in [2.05, 4.69) is 0 Å². The maximum atomic E-state index is 5.96. The summed E-state index contributed by atoms with van der Waals surface area (Å²) >= 11 is 0. The van der Waals surface area contributed by atoms with Crippen molar-refractivity contribution in [2.24, 2.45) is 11.5 Å². The predicted molar refractivity (Wildman–Crippen MR) is 71.7 cm³/mol. The molecule has 1 unspecified atom stereocenters. The SMILES string of the molecule is CCO[Si](CCC(N)CCN)(OCC)OCC. The first kappa shape index (κ1) is 17.0. The van der Waals surface area contributed by atoms with E-state index >= 15 is 0 Å². The van der Waals surface area contributed by atoms with Gasteiger partial charge in [0.2, 0.25) is 0 Å². The Kier molecular flexibility index (Phi) is 10.00. The Balaban J connectivity index is 4.32. The van der Waals surface area contributed by atoms with Crippen LogP contribution in [-0.4, -0.2) is 41.2 Å². The number of hydrogen-bond acceptors (Lipinski definition) is 5. The number of rotatable bonds is 11. The summed E-state index contributed by atoms with van der Waals surface area (Å²) < 4.78 is 17.2. The molecule has 0 amide bonds. The summed E-state index contributed by atoms with van der Waals surface area (Å²) in [6.45, 7) is 8.32. The highest BCUT2D eigenvalue weighted by Gasteiger charge is 2.40. The van der Waals surface area contributed by atoms with Crippen molar-refractivity contribution in [1.82, 2.24) is 0 Å². The van der Waals surface area contributed by atoms with E-state index in [1.165, 1.54) is 0 Å². The molecule has 17 heavy (non-hydrogen) atoms. The molecule has 0 aromatic carbocycles. The lowest BCUT2D eigenvalue weighted by Gasteiger charge is -2.29. The third kappa shape index (κ3) is 7.12. The number of nitrogens with two attached hydrogens (primary N) is 2. The Morgan fingerprint density at radius 3 is 1.76 bits per heavy atom. The third-order valence-corrected chi connectivity index (χ3v) is 5.54. The minimum Gasteiger partial charge on any atom is -0.374 e. The fourth-order valence-corrected chi connectivity index (χ4v) is 4.45. The molecule has 5 nitrogen and oxygen atoms in total. The fraction of sp³-hybridized carbons (Fsp3) is 1.00. The Hall–Kier alpha value is 0.0169. The second-order valence-corrected chi connectivity index (χ2v) is 6.59. The second kappa shape index (κ2) is 9.99. The fourth-order valence-electron chi connectivity index (χ4n) is 1.72. The molecule has 0 saturated carbocycles. The second-order valence-electron chi connectivity index (χ2n) is 3.86. The molecule has 6 heteroatoms. The van der Waals surface area contributed by atoms with Gasteiger partial charge in [0, 0.05) is 31.9 Å². The largest absolute Gasteiger partial charge is 0.500 e.